The van der Waals surface area contributed by atoms with Gasteiger partial charge in [0.1, 0.15) is 17.7 Å². The molecule has 2 fully saturated rings. The van der Waals surface area contributed by atoms with Gasteiger partial charge in [-0.3, -0.25) is 0 Å². The first kappa shape index (κ1) is 16.0. The molecule has 0 unspecified atom stereocenters. The Morgan fingerprint density at radius 1 is 1.19 bits per heavy atom. The molecule has 0 N–H and O–H groups in total. The Labute approximate surface area is 157 Å². The normalized spacial score (nSPS) is 17.4. The van der Waals surface area contributed by atoms with Crippen molar-refractivity contribution < 1.29 is 0 Å². The molecule has 2 aliphatic rings. The van der Waals surface area contributed by atoms with E-state index in [9.17, 15) is 5.26 Å². The predicted octanol–water partition coefficient (Wildman–Crippen LogP) is 1.98. The van der Waals surface area contributed by atoms with Gasteiger partial charge in [0.15, 0.2) is 11.5 Å². The summed E-state index contributed by atoms with van der Waals surface area (Å²) in [7, 11) is 2.00. The Kier molecular flexibility index (Phi) is 3.67. The molecule has 1 aliphatic heterocycles. The minimum Gasteiger partial charge on any atom is -0.352 e. The van der Waals surface area contributed by atoms with Crippen molar-refractivity contribution in [2.24, 2.45) is 0 Å². The van der Waals surface area contributed by atoms with Crippen LogP contribution in [0.15, 0.2) is 30.5 Å². The summed E-state index contributed by atoms with van der Waals surface area (Å²) < 4.78 is 1.91. The van der Waals surface area contributed by atoms with Crippen LogP contribution in [0.2, 0.25) is 0 Å². The molecule has 0 spiro atoms. The predicted molar refractivity (Wildman–Crippen MR) is 101 cm³/mol. The molecule has 0 bridgehead atoms. The third-order valence-corrected chi connectivity index (χ3v) is 5.72. The maximum Gasteiger partial charge on any atom is 0.178 e. The van der Waals surface area contributed by atoms with E-state index < -0.39 is 0 Å². The summed E-state index contributed by atoms with van der Waals surface area (Å²) in [6, 6.07) is 10.1. The van der Waals surface area contributed by atoms with Gasteiger partial charge in [-0.15, -0.1) is 15.3 Å². The third kappa shape index (κ3) is 2.58. The average Bonchev–Trinajstić information content (AvgIpc) is 3.02. The lowest BCUT2D eigenvalue weighted by atomic mass is 9.85. The number of hydrogen-bond donors (Lipinski definition) is 0. The summed E-state index contributed by atoms with van der Waals surface area (Å²) in [5.41, 5.74) is 1.41. The van der Waals surface area contributed by atoms with Gasteiger partial charge < -0.3 is 9.80 Å². The highest BCUT2D eigenvalue weighted by atomic mass is 15.4. The highest BCUT2D eigenvalue weighted by molar-refractivity contribution is 5.56. The quantitative estimate of drug-likeness (QED) is 0.703. The first-order valence-electron chi connectivity index (χ1n) is 9.30. The van der Waals surface area contributed by atoms with E-state index in [1.54, 1.807) is 18.3 Å². The molecule has 5 rings (SSSR count). The van der Waals surface area contributed by atoms with Gasteiger partial charge in [-0.2, -0.15) is 9.78 Å². The molecule has 8 nitrogen and oxygen atoms in total. The zero-order valence-corrected chi connectivity index (χ0v) is 15.2. The van der Waals surface area contributed by atoms with Crippen LogP contribution in [-0.2, 0) is 0 Å². The molecule has 3 aromatic heterocycles. The fourth-order valence-corrected chi connectivity index (χ4v) is 3.71. The Bertz CT molecular complexity index is 1030. The molecule has 4 heterocycles. The zero-order valence-electron chi connectivity index (χ0n) is 15.2. The Morgan fingerprint density at radius 2 is 2.04 bits per heavy atom. The molecule has 136 valence electrons. The van der Waals surface area contributed by atoms with E-state index in [1.165, 1.54) is 19.3 Å². The Balaban J connectivity index is 1.34. The third-order valence-electron chi connectivity index (χ3n) is 5.72. The number of aromatic nitrogens is 5. The van der Waals surface area contributed by atoms with Crippen LogP contribution >= 0.6 is 0 Å². The van der Waals surface area contributed by atoms with Crippen LogP contribution in [0.4, 0.5) is 11.6 Å². The second-order valence-corrected chi connectivity index (χ2v) is 7.30. The highest BCUT2D eigenvalue weighted by Crippen LogP contribution is 2.35. The van der Waals surface area contributed by atoms with Crippen molar-refractivity contribution in [3.8, 4) is 6.07 Å². The van der Waals surface area contributed by atoms with Gasteiger partial charge in [0, 0.05) is 32.3 Å². The van der Waals surface area contributed by atoms with Crippen molar-refractivity contribution in [3.63, 3.8) is 0 Å². The Morgan fingerprint density at radius 3 is 2.78 bits per heavy atom. The van der Waals surface area contributed by atoms with Gasteiger partial charge in [-0.05, 0) is 37.1 Å². The number of rotatable bonds is 4. The lowest BCUT2D eigenvalue weighted by Crippen LogP contribution is -2.59. The topological polar surface area (TPSA) is 86.2 Å². The average molecular weight is 360 g/mol. The summed E-state index contributed by atoms with van der Waals surface area (Å²) in [6.45, 7) is 1.69. The van der Waals surface area contributed by atoms with E-state index in [0.717, 1.165) is 36.2 Å². The van der Waals surface area contributed by atoms with Gasteiger partial charge in [-0.1, -0.05) is 6.42 Å². The van der Waals surface area contributed by atoms with Crippen molar-refractivity contribution in [1.82, 2.24) is 24.8 Å². The lowest BCUT2D eigenvalue weighted by Gasteiger charge is -2.45. The Hall–Kier alpha value is -3.21. The molecule has 8 heteroatoms. The van der Waals surface area contributed by atoms with E-state index in [-0.39, 0.29) is 0 Å². The number of hydrogen-bond acceptors (Lipinski definition) is 7. The minimum atomic E-state index is 0.302. The largest absolute Gasteiger partial charge is 0.352 e. The summed E-state index contributed by atoms with van der Waals surface area (Å²) in [6.07, 6.45) is 5.34. The molecular weight excluding hydrogens is 340 g/mol. The fourth-order valence-electron chi connectivity index (χ4n) is 3.71. The van der Waals surface area contributed by atoms with E-state index in [4.69, 9.17) is 5.10 Å². The van der Waals surface area contributed by atoms with Gasteiger partial charge in [0.25, 0.3) is 0 Å². The van der Waals surface area contributed by atoms with Crippen LogP contribution in [0.1, 0.15) is 36.6 Å². The van der Waals surface area contributed by atoms with Gasteiger partial charge in [-0.25, -0.2) is 4.98 Å². The van der Waals surface area contributed by atoms with E-state index >= 15 is 0 Å². The molecule has 1 saturated carbocycles. The maximum atomic E-state index is 9.29. The number of pyridine rings is 1. The number of nitriles is 1. The first-order chi connectivity index (χ1) is 13.2. The summed E-state index contributed by atoms with van der Waals surface area (Å²) in [4.78, 5) is 8.71. The van der Waals surface area contributed by atoms with E-state index in [1.807, 2.05) is 23.7 Å². The molecule has 0 aromatic carbocycles. The van der Waals surface area contributed by atoms with Crippen molar-refractivity contribution in [1.29, 1.82) is 5.26 Å². The molecule has 1 aliphatic carbocycles. The number of nitrogens with zero attached hydrogens (tertiary/aromatic N) is 8. The number of anilines is 2. The molecule has 27 heavy (non-hydrogen) atoms. The summed E-state index contributed by atoms with van der Waals surface area (Å²) in [5.74, 6) is 3.15. The van der Waals surface area contributed by atoms with E-state index in [0.29, 0.717) is 17.5 Å². The van der Waals surface area contributed by atoms with Crippen LogP contribution in [0.5, 0.6) is 0 Å². The smallest absolute Gasteiger partial charge is 0.178 e. The second-order valence-electron chi connectivity index (χ2n) is 7.30. The molecule has 3 aromatic rings. The monoisotopic (exact) mass is 360 g/mol. The van der Waals surface area contributed by atoms with Gasteiger partial charge in [0.05, 0.1) is 11.6 Å². The zero-order chi connectivity index (χ0) is 18.4. The minimum absolute atomic E-state index is 0.302. The number of fused-ring (bicyclic) bond motifs is 1. The van der Waals surface area contributed by atoms with Crippen molar-refractivity contribution in [2.75, 3.05) is 29.9 Å². The maximum absolute atomic E-state index is 9.29. The van der Waals surface area contributed by atoms with Crippen LogP contribution < -0.4 is 9.80 Å². The van der Waals surface area contributed by atoms with E-state index in [2.05, 4.69) is 31.1 Å². The molecule has 1 saturated heterocycles. The van der Waals surface area contributed by atoms with Crippen LogP contribution in [0, 0.1) is 11.3 Å². The SMILES string of the molecule is CN(c1ncccc1C#N)C1CN(c2ccc3nnc(C4CCC4)n3n2)C1. The van der Waals surface area contributed by atoms with Crippen molar-refractivity contribution in [2.45, 2.75) is 31.2 Å². The highest BCUT2D eigenvalue weighted by Gasteiger charge is 2.33. The molecule has 0 atom stereocenters. The lowest BCUT2D eigenvalue weighted by molar-refractivity contribution is 0.394. The fraction of sp³-hybridized carbons (Fsp3) is 0.421. The van der Waals surface area contributed by atoms with Crippen molar-refractivity contribution in [3.05, 3.63) is 41.9 Å². The van der Waals surface area contributed by atoms with Crippen LogP contribution in [-0.4, -0.2) is 51.0 Å². The summed E-state index contributed by atoms with van der Waals surface area (Å²) in [5, 5.41) is 22.7. The van der Waals surface area contributed by atoms with Crippen LogP contribution in [0.3, 0.4) is 0 Å². The van der Waals surface area contributed by atoms with Crippen molar-refractivity contribution >= 4 is 17.3 Å². The standard InChI is InChI=1S/C19H20N8/c1-25(18-14(10-20)6-3-9-21-18)15-11-26(12-15)17-8-7-16-22-23-19(27(16)24-17)13-4-2-5-13/h3,6-9,13,15H,2,4-5,11-12H2,1H3. The van der Waals surface area contributed by atoms with Gasteiger partial charge in [0.2, 0.25) is 0 Å². The first-order valence-corrected chi connectivity index (χ1v) is 9.30. The molecular formula is C19H20N8. The molecule has 0 amide bonds. The summed E-state index contributed by atoms with van der Waals surface area (Å²) >= 11 is 0. The second kappa shape index (κ2) is 6.20. The number of likely N-dealkylation sites (N-methyl/N-ethyl adjacent to an activating group) is 1. The van der Waals surface area contributed by atoms with Gasteiger partial charge >= 0.3 is 0 Å². The molecule has 0 radical (unpaired) electrons. The van der Waals surface area contributed by atoms with Crippen LogP contribution in [0.25, 0.3) is 5.65 Å².